The number of hydrogen-bond donors (Lipinski definition) is 4. The molecule has 1 aliphatic rings. The molecule has 0 spiro atoms. The number of aliphatic hydroxyl groups is 1. The second-order valence-corrected chi connectivity index (χ2v) is 9.98. The van der Waals surface area contributed by atoms with Crippen LogP contribution in [0.4, 0.5) is 4.79 Å². The number of hydrogen-bond acceptors (Lipinski definition) is 8. The van der Waals surface area contributed by atoms with Gasteiger partial charge in [-0.1, -0.05) is 55.3 Å². The number of benzene rings is 1. The van der Waals surface area contributed by atoms with Gasteiger partial charge in [-0.2, -0.15) is 0 Å². The Hall–Kier alpha value is -3.70. The van der Waals surface area contributed by atoms with Crippen molar-refractivity contribution in [2.24, 2.45) is 5.92 Å². The van der Waals surface area contributed by atoms with Gasteiger partial charge in [0.15, 0.2) is 0 Å². The SMILES string of the molecule is C=CC[C@H](CC(=O)NCCOCCO)C(=O)NC1(COC(=O)[C@@H](CC=C)NC(=O)OCc2ccccc2)CCCC1. The van der Waals surface area contributed by atoms with Crippen LogP contribution >= 0.6 is 0 Å². The van der Waals surface area contributed by atoms with E-state index >= 15 is 0 Å². The maximum Gasteiger partial charge on any atom is 0.408 e. The van der Waals surface area contributed by atoms with E-state index in [1.165, 1.54) is 6.08 Å². The number of esters is 1. The molecule has 0 aromatic heterocycles. The lowest BCUT2D eigenvalue weighted by atomic mass is 9.94. The summed E-state index contributed by atoms with van der Waals surface area (Å²) < 4.78 is 16.0. The molecule has 0 radical (unpaired) electrons. The highest BCUT2D eigenvalue weighted by Crippen LogP contribution is 2.31. The van der Waals surface area contributed by atoms with Gasteiger partial charge in [0.25, 0.3) is 0 Å². The Kier molecular flexibility index (Phi) is 15.2. The van der Waals surface area contributed by atoms with E-state index < -0.39 is 29.6 Å². The fraction of sp³-hybridized carbons (Fsp3) is 0.533. The number of nitrogens with one attached hydrogen (secondary N) is 3. The van der Waals surface area contributed by atoms with Gasteiger partial charge in [0, 0.05) is 13.0 Å². The molecule has 1 aromatic rings. The van der Waals surface area contributed by atoms with E-state index in [1.54, 1.807) is 6.08 Å². The normalized spacial score (nSPS) is 15.1. The van der Waals surface area contributed by atoms with Gasteiger partial charge in [0.1, 0.15) is 19.3 Å². The molecule has 4 N–H and O–H groups in total. The maximum absolute atomic E-state index is 13.2. The Bertz CT molecular complexity index is 995. The summed E-state index contributed by atoms with van der Waals surface area (Å²) in [6.07, 6.45) is 5.64. The Labute approximate surface area is 241 Å². The van der Waals surface area contributed by atoms with Crippen LogP contribution in [0.2, 0.25) is 0 Å². The van der Waals surface area contributed by atoms with E-state index in [2.05, 4.69) is 29.1 Å². The minimum atomic E-state index is -0.997. The maximum atomic E-state index is 13.2. The summed E-state index contributed by atoms with van der Waals surface area (Å²) in [5, 5.41) is 17.0. The first-order chi connectivity index (χ1) is 19.8. The van der Waals surface area contributed by atoms with E-state index in [4.69, 9.17) is 19.3 Å². The number of carbonyl (C=O) groups is 4. The Balaban J connectivity index is 1.92. The average Bonchev–Trinajstić information content (AvgIpc) is 3.43. The molecule has 226 valence electrons. The predicted molar refractivity (Wildman–Crippen MR) is 153 cm³/mol. The average molecular weight is 574 g/mol. The van der Waals surface area contributed by atoms with Crippen LogP contribution in [-0.2, 0) is 35.2 Å². The molecule has 11 nitrogen and oxygen atoms in total. The molecule has 1 saturated carbocycles. The van der Waals surface area contributed by atoms with E-state index in [-0.39, 0.29) is 64.2 Å². The lowest BCUT2D eigenvalue weighted by molar-refractivity contribution is -0.149. The highest BCUT2D eigenvalue weighted by atomic mass is 16.6. The molecule has 0 saturated heterocycles. The van der Waals surface area contributed by atoms with E-state index in [1.807, 2.05) is 30.3 Å². The fourth-order valence-electron chi connectivity index (χ4n) is 4.53. The minimum Gasteiger partial charge on any atom is -0.462 e. The van der Waals surface area contributed by atoms with Gasteiger partial charge in [0.2, 0.25) is 11.8 Å². The third kappa shape index (κ3) is 12.6. The number of allylic oxidation sites excluding steroid dienone is 1. The number of aliphatic hydroxyl groups excluding tert-OH is 1. The van der Waals surface area contributed by atoms with Crippen LogP contribution in [0.3, 0.4) is 0 Å². The molecule has 11 heteroatoms. The van der Waals surface area contributed by atoms with Crippen LogP contribution < -0.4 is 16.0 Å². The largest absolute Gasteiger partial charge is 0.462 e. The molecular formula is C30H43N3O8. The van der Waals surface area contributed by atoms with Crippen molar-refractivity contribution in [2.45, 2.75) is 63.1 Å². The number of alkyl carbamates (subject to hydrolysis) is 1. The molecule has 2 rings (SSSR count). The van der Waals surface area contributed by atoms with Crippen LogP contribution in [-0.4, -0.2) is 73.5 Å². The van der Waals surface area contributed by atoms with Gasteiger partial charge < -0.3 is 35.3 Å². The summed E-state index contributed by atoms with van der Waals surface area (Å²) in [7, 11) is 0. The van der Waals surface area contributed by atoms with Crippen molar-refractivity contribution in [3.63, 3.8) is 0 Å². The third-order valence-electron chi connectivity index (χ3n) is 6.69. The summed E-state index contributed by atoms with van der Waals surface area (Å²) >= 11 is 0. The molecule has 0 bridgehead atoms. The molecule has 1 aliphatic carbocycles. The number of amides is 3. The Morgan fingerprint density at radius 3 is 2.37 bits per heavy atom. The highest BCUT2D eigenvalue weighted by molar-refractivity contribution is 5.86. The molecule has 1 aromatic carbocycles. The summed E-state index contributed by atoms with van der Waals surface area (Å²) in [6.45, 7) is 7.96. The zero-order valence-corrected chi connectivity index (χ0v) is 23.6. The molecule has 0 aliphatic heterocycles. The molecule has 2 atom stereocenters. The van der Waals surface area contributed by atoms with E-state index in [0.717, 1.165) is 18.4 Å². The van der Waals surface area contributed by atoms with Gasteiger partial charge in [-0.05, 0) is 31.2 Å². The zero-order valence-electron chi connectivity index (χ0n) is 23.6. The first kappa shape index (κ1) is 33.5. The fourth-order valence-corrected chi connectivity index (χ4v) is 4.53. The monoisotopic (exact) mass is 573 g/mol. The van der Waals surface area contributed by atoms with Gasteiger partial charge in [-0.15, -0.1) is 13.2 Å². The summed E-state index contributed by atoms with van der Waals surface area (Å²) in [4.78, 5) is 50.9. The van der Waals surface area contributed by atoms with Crippen molar-refractivity contribution >= 4 is 23.9 Å². The Morgan fingerprint density at radius 2 is 1.71 bits per heavy atom. The standard InChI is InChI=1S/C30H43N3O8/c1-3-10-24(20-26(35)31-16-18-39-19-17-34)27(36)33-30(14-8-9-15-30)22-41-28(37)25(11-4-2)32-29(38)40-21-23-12-6-5-7-13-23/h3-7,12-13,24-25,34H,1-2,8-11,14-22H2,(H,31,35)(H,32,38)(H,33,36)/t24-,25-/m1/s1. The topological polar surface area (TPSA) is 152 Å². The lowest BCUT2D eigenvalue weighted by Crippen LogP contribution is -2.53. The van der Waals surface area contributed by atoms with E-state index in [0.29, 0.717) is 19.3 Å². The molecule has 3 amide bonds. The highest BCUT2D eigenvalue weighted by Gasteiger charge is 2.39. The predicted octanol–water partition coefficient (Wildman–Crippen LogP) is 2.54. The number of carbonyl (C=O) groups excluding carboxylic acids is 4. The summed E-state index contributed by atoms with van der Waals surface area (Å²) in [5.41, 5.74) is 0.0385. The minimum absolute atomic E-state index is 0.0376. The molecule has 0 unspecified atom stereocenters. The van der Waals surface area contributed by atoms with Crippen LogP contribution in [0.1, 0.15) is 50.5 Å². The van der Waals surface area contributed by atoms with Crippen LogP contribution in [0.25, 0.3) is 0 Å². The van der Waals surface area contributed by atoms with Crippen LogP contribution in [0, 0.1) is 5.92 Å². The number of ether oxygens (including phenoxy) is 3. The van der Waals surface area contributed by atoms with Crippen molar-refractivity contribution in [3.05, 3.63) is 61.2 Å². The van der Waals surface area contributed by atoms with E-state index in [9.17, 15) is 19.2 Å². The zero-order chi connectivity index (χ0) is 29.9. The van der Waals surface area contributed by atoms with Crippen LogP contribution in [0.5, 0.6) is 0 Å². The molecule has 0 heterocycles. The van der Waals surface area contributed by atoms with Crippen LogP contribution in [0.15, 0.2) is 55.6 Å². The second-order valence-electron chi connectivity index (χ2n) is 9.98. The van der Waals surface area contributed by atoms with Gasteiger partial charge in [-0.25, -0.2) is 9.59 Å². The summed E-state index contributed by atoms with van der Waals surface area (Å²) in [6, 6.07) is 8.16. The third-order valence-corrected chi connectivity index (χ3v) is 6.69. The quantitative estimate of drug-likeness (QED) is 0.112. The van der Waals surface area contributed by atoms with Crippen molar-refractivity contribution in [1.29, 1.82) is 0 Å². The number of rotatable bonds is 19. The van der Waals surface area contributed by atoms with Crippen molar-refractivity contribution in [1.82, 2.24) is 16.0 Å². The molecule has 41 heavy (non-hydrogen) atoms. The first-order valence-electron chi connectivity index (χ1n) is 14.0. The Morgan fingerprint density at radius 1 is 1.00 bits per heavy atom. The van der Waals surface area contributed by atoms with Gasteiger partial charge >= 0.3 is 12.1 Å². The van der Waals surface area contributed by atoms with Gasteiger partial charge in [-0.3, -0.25) is 9.59 Å². The van der Waals surface area contributed by atoms with Crippen molar-refractivity contribution in [3.8, 4) is 0 Å². The van der Waals surface area contributed by atoms with Gasteiger partial charge in [0.05, 0.1) is 31.3 Å². The second kappa shape index (κ2) is 18.6. The molecular weight excluding hydrogens is 530 g/mol. The molecule has 1 fully saturated rings. The van der Waals surface area contributed by atoms with Crippen molar-refractivity contribution < 1.29 is 38.5 Å². The first-order valence-corrected chi connectivity index (χ1v) is 14.0. The summed E-state index contributed by atoms with van der Waals surface area (Å²) in [5.74, 6) is -1.93. The lowest BCUT2D eigenvalue weighted by Gasteiger charge is -2.32. The smallest absolute Gasteiger partial charge is 0.408 e. The van der Waals surface area contributed by atoms with Crippen molar-refractivity contribution in [2.75, 3.05) is 33.0 Å².